The normalized spacial score (nSPS) is 10.8. The standard InChI is InChI=1S/C19H15ClO4/c1-2-12-7-8-14-13(10-18(21)24-17(14)9-12)11-23-19(22)15-5-3-4-6-16(15)20/h3-10H,2,11H2,1H3. The Kier molecular flexibility index (Phi) is 4.67. The number of halogens is 1. The summed E-state index contributed by atoms with van der Waals surface area (Å²) in [6.45, 7) is 1.99. The van der Waals surface area contributed by atoms with Gasteiger partial charge in [-0.3, -0.25) is 0 Å². The van der Waals surface area contributed by atoms with Gasteiger partial charge < -0.3 is 9.15 Å². The zero-order chi connectivity index (χ0) is 17.1. The summed E-state index contributed by atoms with van der Waals surface area (Å²) in [5.74, 6) is -0.535. The van der Waals surface area contributed by atoms with E-state index < -0.39 is 11.6 Å². The fourth-order valence-corrected chi connectivity index (χ4v) is 2.67. The first-order chi connectivity index (χ1) is 11.6. The summed E-state index contributed by atoms with van der Waals surface area (Å²) < 4.78 is 10.5. The number of ether oxygens (including phenoxy) is 1. The van der Waals surface area contributed by atoms with Crippen molar-refractivity contribution in [3.63, 3.8) is 0 Å². The first kappa shape index (κ1) is 16.3. The molecule has 0 radical (unpaired) electrons. The molecule has 0 unspecified atom stereocenters. The van der Waals surface area contributed by atoms with E-state index in [1.165, 1.54) is 6.07 Å². The molecule has 5 heteroatoms. The Bertz CT molecular complexity index is 959. The maximum Gasteiger partial charge on any atom is 0.339 e. The Morgan fingerprint density at radius 2 is 1.96 bits per heavy atom. The fourth-order valence-electron chi connectivity index (χ4n) is 2.46. The number of hydrogen-bond donors (Lipinski definition) is 0. The molecule has 0 fully saturated rings. The van der Waals surface area contributed by atoms with Crippen molar-refractivity contribution >= 4 is 28.5 Å². The molecule has 3 rings (SSSR count). The minimum atomic E-state index is -0.535. The second kappa shape index (κ2) is 6.89. The number of carbonyl (C=O) groups excluding carboxylic acids is 1. The van der Waals surface area contributed by atoms with Crippen LogP contribution in [0.4, 0.5) is 0 Å². The summed E-state index contributed by atoms with van der Waals surface area (Å²) in [4.78, 5) is 23.9. The van der Waals surface area contributed by atoms with Gasteiger partial charge in [0.25, 0.3) is 0 Å². The van der Waals surface area contributed by atoms with Crippen molar-refractivity contribution in [1.29, 1.82) is 0 Å². The Morgan fingerprint density at radius 3 is 2.71 bits per heavy atom. The molecule has 0 bridgehead atoms. The van der Waals surface area contributed by atoms with Gasteiger partial charge in [-0.1, -0.05) is 42.8 Å². The highest BCUT2D eigenvalue weighted by Gasteiger charge is 2.13. The summed E-state index contributed by atoms with van der Waals surface area (Å²) in [5.41, 5.74) is 1.98. The third-order valence-electron chi connectivity index (χ3n) is 3.76. The van der Waals surface area contributed by atoms with Crippen molar-refractivity contribution in [2.75, 3.05) is 0 Å². The van der Waals surface area contributed by atoms with Gasteiger partial charge in [0, 0.05) is 17.0 Å². The van der Waals surface area contributed by atoms with Crippen LogP contribution in [0.15, 0.2) is 57.7 Å². The number of hydrogen-bond acceptors (Lipinski definition) is 4. The van der Waals surface area contributed by atoms with Gasteiger partial charge >= 0.3 is 11.6 Å². The van der Waals surface area contributed by atoms with Crippen LogP contribution in [0.25, 0.3) is 11.0 Å². The van der Waals surface area contributed by atoms with Gasteiger partial charge in [0.05, 0.1) is 10.6 Å². The number of rotatable bonds is 4. The number of fused-ring (bicyclic) bond motifs is 1. The van der Waals surface area contributed by atoms with Crippen LogP contribution in [0.3, 0.4) is 0 Å². The molecule has 2 aromatic carbocycles. The second-order valence-electron chi connectivity index (χ2n) is 5.33. The van der Waals surface area contributed by atoms with Crippen LogP contribution in [0.5, 0.6) is 0 Å². The van der Waals surface area contributed by atoms with Gasteiger partial charge in [-0.25, -0.2) is 9.59 Å². The molecule has 0 aliphatic heterocycles. The Hall–Kier alpha value is -2.59. The number of aryl methyl sites for hydroxylation is 1. The molecule has 0 aliphatic rings. The minimum absolute atomic E-state index is 0.0301. The summed E-state index contributed by atoms with van der Waals surface area (Å²) in [6.07, 6.45) is 0.839. The molecule has 0 saturated heterocycles. The van der Waals surface area contributed by atoms with Gasteiger partial charge in [0.2, 0.25) is 0 Å². The van der Waals surface area contributed by atoms with Gasteiger partial charge in [0.1, 0.15) is 12.2 Å². The van der Waals surface area contributed by atoms with Crippen LogP contribution in [0.2, 0.25) is 5.02 Å². The average molecular weight is 343 g/mol. The monoisotopic (exact) mass is 342 g/mol. The fraction of sp³-hybridized carbons (Fsp3) is 0.158. The van der Waals surface area contributed by atoms with E-state index in [1.54, 1.807) is 24.3 Å². The molecule has 0 atom stereocenters. The maximum atomic E-state index is 12.2. The van der Waals surface area contributed by atoms with Crippen LogP contribution in [0, 0.1) is 0 Å². The van der Waals surface area contributed by atoms with Crippen molar-refractivity contribution in [3.8, 4) is 0 Å². The molecule has 0 spiro atoms. The molecule has 1 aromatic heterocycles. The first-order valence-corrected chi connectivity index (χ1v) is 7.93. The Balaban J connectivity index is 1.89. The first-order valence-electron chi connectivity index (χ1n) is 7.56. The molecule has 1 heterocycles. The number of carbonyl (C=O) groups is 1. The van der Waals surface area contributed by atoms with Crippen molar-refractivity contribution in [2.45, 2.75) is 20.0 Å². The van der Waals surface area contributed by atoms with Crippen LogP contribution in [0.1, 0.15) is 28.4 Å². The third-order valence-corrected chi connectivity index (χ3v) is 4.08. The van der Waals surface area contributed by atoms with Crippen LogP contribution >= 0.6 is 11.6 Å². The van der Waals surface area contributed by atoms with E-state index in [2.05, 4.69) is 0 Å². The van der Waals surface area contributed by atoms with E-state index in [0.717, 1.165) is 17.4 Å². The van der Waals surface area contributed by atoms with E-state index in [1.807, 2.05) is 25.1 Å². The van der Waals surface area contributed by atoms with E-state index in [4.69, 9.17) is 20.8 Å². The highest BCUT2D eigenvalue weighted by atomic mass is 35.5. The molecule has 0 saturated carbocycles. The molecule has 24 heavy (non-hydrogen) atoms. The predicted octanol–water partition coefficient (Wildman–Crippen LogP) is 4.37. The SMILES string of the molecule is CCc1ccc2c(COC(=O)c3ccccc3Cl)cc(=O)oc2c1. The lowest BCUT2D eigenvalue weighted by Gasteiger charge is -2.09. The van der Waals surface area contributed by atoms with Crippen molar-refractivity contribution in [3.05, 3.63) is 80.7 Å². The molecular formula is C19H15ClO4. The van der Waals surface area contributed by atoms with Crippen LogP contribution in [-0.2, 0) is 17.8 Å². The molecule has 122 valence electrons. The maximum absolute atomic E-state index is 12.2. The summed E-state index contributed by atoms with van der Waals surface area (Å²) in [7, 11) is 0. The van der Waals surface area contributed by atoms with Crippen molar-refractivity contribution in [2.24, 2.45) is 0 Å². The van der Waals surface area contributed by atoms with Crippen molar-refractivity contribution in [1.82, 2.24) is 0 Å². The largest absolute Gasteiger partial charge is 0.457 e. The van der Waals surface area contributed by atoms with Crippen LogP contribution in [-0.4, -0.2) is 5.97 Å². The average Bonchev–Trinajstić information content (AvgIpc) is 2.59. The van der Waals surface area contributed by atoms with Gasteiger partial charge in [0.15, 0.2) is 0 Å². The lowest BCUT2D eigenvalue weighted by molar-refractivity contribution is 0.0474. The second-order valence-corrected chi connectivity index (χ2v) is 5.74. The Labute approximate surface area is 143 Å². The summed E-state index contributed by atoms with van der Waals surface area (Å²) in [6, 6.07) is 13.7. The van der Waals surface area contributed by atoms with Gasteiger partial charge in [-0.05, 0) is 30.2 Å². The van der Waals surface area contributed by atoms with E-state index in [9.17, 15) is 9.59 Å². The van der Waals surface area contributed by atoms with Crippen LogP contribution < -0.4 is 5.63 Å². The smallest absolute Gasteiger partial charge is 0.339 e. The molecule has 0 amide bonds. The summed E-state index contributed by atoms with van der Waals surface area (Å²) in [5, 5.41) is 1.08. The Morgan fingerprint density at radius 1 is 1.17 bits per heavy atom. The molecule has 3 aromatic rings. The van der Waals surface area contributed by atoms with E-state index in [0.29, 0.717) is 21.7 Å². The summed E-state index contributed by atoms with van der Waals surface area (Å²) >= 11 is 5.99. The molecule has 4 nitrogen and oxygen atoms in total. The molecule has 0 aliphatic carbocycles. The minimum Gasteiger partial charge on any atom is -0.457 e. The lowest BCUT2D eigenvalue weighted by atomic mass is 10.1. The van der Waals surface area contributed by atoms with Gasteiger partial charge in [-0.15, -0.1) is 0 Å². The highest BCUT2D eigenvalue weighted by Crippen LogP contribution is 2.21. The zero-order valence-electron chi connectivity index (χ0n) is 13.0. The molecular weight excluding hydrogens is 328 g/mol. The number of esters is 1. The third kappa shape index (κ3) is 3.34. The highest BCUT2D eigenvalue weighted by molar-refractivity contribution is 6.33. The topological polar surface area (TPSA) is 56.5 Å². The molecule has 0 N–H and O–H groups in total. The van der Waals surface area contributed by atoms with Gasteiger partial charge in [-0.2, -0.15) is 0 Å². The number of benzene rings is 2. The predicted molar refractivity (Wildman–Crippen MR) is 92.4 cm³/mol. The quantitative estimate of drug-likeness (QED) is 0.522. The van der Waals surface area contributed by atoms with Crippen molar-refractivity contribution < 1.29 is 13.9 Å². The van der Waals surface area contributed by atoms with E-state index in [-0.39, 0.29) is 6.61 Å². The van der Waals surface area contributed by atoms with E-state index >= 15 is 0 Å². The zero-order valence-corrected chi connectivity index (χ0v) is 13.8. The lowest BCUT2D eigenvalue weighted by Crippen LogP contribution is -2.08.